The van der Waals surface area contributed by atoms with Gasteiger partial charge in [0.25, 0.3) is 0 Å². The minimum atomic E-state index is -0.604. The molecule has 0 heterocycles. The molecule has 2 nitrogen and oxygen atoms in total. The van der Waals surface area contributed by atoms with Crippen LogP contribution in [0.3, 0.4) is 0 Å². The molecule has 1 aliphatic carbocycles. The smallest absolute Gasteiger partial charge is 0.309 e. The molecular formula is C17H24O2. The van der Waals surface area contributed by atoms with Crippen molar-refractivity contribution >= 4 is 5.97 Å². The Bertz CT molecular complexity index is 452. The normalized spacial score (nSPS) is 27.2. The Balaban J connectivity index is 2.22. The van der Waals surface area contributed by atoms with E-state index in [1.54, 1.807) is 0 Å². The van der Waals surface area contributed by atoms with Gasteiger partial charge < -0.3 is 5.11 Å². The predicted molar refractivity (Wildman–Crippen MR) is 77.2 cm³/mol. The van der Waals surface area contributed by atoms with E-state index in [0.717, 1.165) is 25.7 Å². The van der Waals surface area contributed by atoms with E-state index in [1.165, 1.54) is 17.5 Å². The summed E-state index contributed by atoms with van der Waals surface area (Å²) in [5.74, 6) is -0.0261. The molecule has 0 spiro atoms. The van der Waals surface area contributed by atoms with E-state index in [4.69, 9.17) is 0 Å². The molecule has 0 bridgehead atoms. The van der Waals surface area contributed by atoms with E-state index in [2.05, 4.69) is 32.0 Å². The van der Waals surface area contributed by atoms with Crippen molar-refractivity contribution in [3.63, 3.8) is 0 Å². The standard InChI is InChI=1S/C17H24O2/c1-3-14-8-5-9-17(11-14,16(18)19)12-15-7-4-6-13(2)10-15/h4,6-7,10,14H,3,5,8-9,11-12H2,1-2H3,(H,18,19). The minimum Gasteiger partial charge on any atom is -0.481 e. The molecule has 0 saturated heterocycles. The molecule has 2 heteroatoms. The third-order valence-electron chi connectivity index (χ3n) is 4.60. The number of hydrogen-bond acceptors (Lipinski definition) is 1. The van der Waals surface area contributed by atoms with Crippen LogP contribution in [0, 0.1) is 18.3 Å². The number of aryl methyl sites for hydroxylation is 1. The zero-order valence-corrected chi connectivity index (χ0v) is 12.0. The molecule has 0 radical (unpaired) electrons. The first kappa shape index (κ1) is 14.1. The second-order valence-electron chi connectivity index (χ2n) is 6.12. The minimum absolute atomic E-state index is 0.535. The lowest BCUT2D eigenvalue weighted by Gasteiger charge is -2.37. The van der Waals surface area contributed by atoms with Crippen molar-refractivity contribution < 1.29 is 9.90 Å². The molecule has 1 saturated carbocycles. The Kier molecular flexibility index (Phi) is 4.28. The molecule has 2 rings (SSSR count). The largest absolute Gasteiger partial charge is 0.481 e. The van der Waals surface area contributed by atoms with Crippen molar-refractivity contribution in [2.24, 2.45) is 11.3 Å². The van der Waals surface area contributed by atoms with Gasteiger partial charge in [-0.2, -0.15) is 0 Å². The fourth-order valence-electron chi connectivity index (χ4n) is 3.48. The van der Waals surface area contributed by atoms with Crippen LogP contribution in [0.2, 0.25) is 0 Å². The zero-order chi connectivity index (χ0) is 13.9. The first-order valence-corrected chi connectivity index (χ1v) is 7.35. The van der Waals surface area contributed by atoms with Crippen molar-refractivity contribution in [2.75, 3.05) is 0 Å². The summed E-state index contributed by atoms with van der Waals surface area (Å²) in [4.78, 5) is 11.8. The molecule has 0 aliphatic heterocycles. The molecule has 2 unspecified atom stereocenters. The van der Waals surface area contributed by atoms with Gasteiger partial charge in [-0.15, -0.1) is 0 Å². The Morgan fingerprint density at radius 2 is 2.26 bits per heavy atom. The second kappa shape index (κ2) is 5.77. The number of rotatable bonds is 4. The van der Waals surface area contributed by atoms with E-state index in [0.29, 0.717) is 12.3 Å². The van der Waals surface area contributed by atoms with Crippen LogP contribution in [0.5, 0.6) is 0 Å². The van der Waals surface area contributed by atoms with E-state index in [-0.39, 0.29) is 0 Å². The van der Waals surface area contributed by atoms with Crippen molar-refractivity contribution in [2.45, 2.75) is 52.4 Å². The van der Waals surface area contributed by atoms with Gasteiger partial charge in [-0.3, -0.25) is 4.79 Å². The Labute approximate surface area is 115 Å². The second-order valence-corrected chi connectivity index (χ2v) is 6.12. The molecule has 19 heavy (non-hydrogen) atoms. The lowest BCUT2D eigenvalue weighted by atomic mass is 9.66. The molecule has 0 amide bonds. The summed E-state index contributed by atoms with van der Waals surface area (Å²) in [7, 11) is 0. The summed E-state index contributed by atoms with van der Waals surface area (Å²) in [6.45, 7) is 4.24. The average molecular weight is 260 g/mol. The summed E-state index contributed by atoms with van der Waals surface area (Å²) < 4.78 is 0. The topological polar surface area (TPSA) is 37.3 Å². The molecule has 0 aromatic heterocycles. The maximum Gasteiger partial charge on any atom is 0.309 e. The van der Waals surface area contributed by atoms with Gasteiger partial charge in [-0.1, -0.05) is 56.0 Å². The van der Waals surface area contributed by atoms with Gasteiger partial charge in [0, 0.05) is 0 Å². The quantitative estimate of drug-likeness (QED) is 0.880. The van der Waals surface area contributed by atoms with Crippen LogP contribution in [0.25, 0.3) is 0 Å². The molecule has 1 fully saturated rings. The number of carboxylic acid groups (broad SMARTS) is 1. The van der Waals surface area contributed by atoms with Gasteiger partial charge in [-0.05, 0) is 37.7 Å². The molecule has 1 aromatic rings. The van der Waals surface area contributed by atoms with Crippen LogP contribution in [0.4, 0.5) is 0 Å². The van der Waals surface area contributed by atoms with Gasteiger partial charge in [0.15, 0.2) is 0 Å². The Morgan fingerprint density at radius 3 is 2.89 bits per heavy atom. The summed E-state index contributed by atoms with van der Waals surface area (Å²) in [6.07, 6.45) is 5.69. The highest BCUT2D eigenvalue weighted by Crippen LogP contribution is 2.43. The third kappa shape index (κ3) is 3.17. The Hall–Kier alpha value is -1.31. The van der Waals surface area contributed by atoms with Crippen molar-refractivity contribution in [1.29, 1.82) is 0 Å². The number of hydrogen-bond donors (Lipinski definition) is 1. The van der Waals surface area contributed by atoms with Gasteiger partial charge >= 0.3 is 5.97 Å². The maximum atomic E-state index is 11.8. The number of carbonyl (C=O) groups is 1. The van der Waals surface area contributed by atoms with Gasteiger partial charge in [0.1, 0.15) is 0 Å². The van der Waals surface area contributed by atoms with Crippen LogP contribution in [0.15, 0.2) is 24.3 Å². The van der Waals surface area contributed by atoms with Crippen LogP contribution < -0.4 is 0 Å². The van der Waals surface area contributed by atoms with E-state index < -0.39 is 11.4 Å². The summed E-state index contributed by atoms with van der Waals surface area (Å²) in [5, 5.41) is 9.73. The van der Waals surface area contributed by atoms with Crippen LogP contribution in [0.1, 0.15) is 50.2 Å². The molecule has 1 N–H and O–H groups in total. The maximum absolute atomic E-state index is 11.8. The molecule has 1 aromatic carbocycles. The van der Waals surface area contributed by atoms with Crippen molar-refractivity contribution in [3.8, 4) is 0 Å². The number of carboxylic acids is 1. The highest BCUT2D eigenvalue weighted by molar-refractivity contribution is 5.75. The van der Waals surface area contributed by atoms with E-state index in [1.807, 2.05) is 6.07 Å². The lowest BCUT2D eigenvalue weighted by molar-refractivity contribution is -0.152. The van der Waals surface area contributed by atoms with Gasteiger partial charge in [0.05, 0.1) is 5.41 Å². The van der Waals surface area contributed by atoms with Crippen molar-refractivity contribution in [3.05, 3.63) is 35.4 Å². The zero-order valence-electron chi connectivity index (χ0n) is 12.0. The summed E-state index contributed by atoms with van der Waals surface area (Å²) >= 11 is 0. The van der Waals surface area contributed by atoms with E-state index in [9.17, 15) is 9.90 Å². The van der Waals surface area contributed by atoms with E-state index >= 15 is 0 Å². The summed E-state index contributed by atoms with van der Waals surface area (Å²) in [5.41, 5.74) is 1.84. The lowest BCUT2D eigenvalue weighted by Crippen LogP contribution is -2.38. The highest BCUT2D eigenvalue weighted by atomic mass is 16.4. The molecule has 1 aliphatic rings. The molecule has 2 atom stereocenters. The van der Waals surface area contributed by atoms with Crippen LogP contribution in [-0.4, -0.2) is 11.1 Å². The number of benzene rings is 1. The first-order chi connectivity index (χ1) is 9.05. The average Bonchev–Trinajstić information content (AvgIpc) is 2.38. The summed E-state index contributed by atoms with van der Waals surface area (Å²) in [6, 6.07) is 8.28. The fourth-order valence-corrected chi connectivity index (χ4v) is 3.48. The Morgan fingerprint density at radius 1 is 1.47 bits per heavy atom. The van der Waals surface area contributed by atoms with Crippen LogP contribution in [-0.2, 0) is 11.2 Å². The van der Waals surface area contributed by atoms with Crippen molar-refractivity contribution in [1.82, 2.24) is 0 Å². The van der Waals surface area contributed by atoms with Gasteiger partial charge in [0.2, 0.25) is 0 Å². The monoisotopic (exact) mass is 260 g/mol. The number of aliphatic carboxylic acids is 1. The molecular weight excluding hydrogens is 236 g/mol. The SMILES string of the molecule is CCC1CCCC(Cc2cccc(C)c2)(C(=O)O)C1. The fraction of sp³-hybridized carbons (Fsp3) is 0.588. The third-order valence-corrected chi connectivity index (χ3v) is 4.60. The van der Waals surface area contributed by atoms with Gasteiger partial charge in [-0.25, -0.2) is 0 Å². The highest BCUT2D eigenvalue weighted by Gasteiger charge is 2.42. The predicted octanol–water partition coefficient (Wildman–Crippen LogP) is 4.21. The van der Waals surface area contributed by atoms with Crippen LogP contribution >= 0.6 is 0 Å². The first-order valence-electron chi connectivity index (χ1n) is 7.35. The molecule has 104 valence electrons.